The van der Waals surface area contributed by atoms with Crippen molar-refractivity contribution in [1.29, 1.82) is 0 Å². The van der Waals surface area contributed by atoms with E-state index >= 15 is 0 Å². The first kappa shape index (κ1) is 16.6. The molecule has 1 aromatic carbocycles. The van der Waals surface area contributed by atoms with Gasteiger partial charge in [0.15, 0.2) is 0 Å². The summed E-state index contributed by atoms with van der Waals surface area (Å²) in [7, 11) is 0. The van der Waals surface area contributed by atoms with Crippen LogP contribution in [0.2, 0.25) is 0 Å². The average molecular weight is 330 g/mol. The lowest BCUT2D eigenvalue weighted by Crippen LogP contribution is -2.48. The van der Waals surface area contributed by atoms with Crippen molar-refractivity contribution in [1.82, 2.24) is 19.6 Å². The maximum atomic E-state index is 13.0. The Bertz CT molecular complexity index is 702. The minimum absolute atomic E-state index is 0.0545. The molecule has 1 amide bonds. The fourth-order valence-electron chi connectivity index (χ4n) is 3.08. The van der Waals surface area contributed by atoms with E-state index in [9.17, 15) is 9.18 Å². The molecule has 0 unspecified atom stereocenters. The number of benzene rings is 1. The van der Waals surface area contributed by atoms with E-state index in [1.807, 2.05) is 36.9 Å². The van der Waals surface area contributed by atoms with Crippen molar-refractivity contribution in [2.75, 3.05) is 26.2 Å². The molecular formula is C18H23FN4O. The number of hydrogen-bond donors (Lipinski definition) is 0. The van der Waals surface area contributed by atoms with Crippen LogP contribution in [-0.2, 0) is 13.1 Å². The van der Waals surface area contributed by atoms with Gasteiger partial charge in [-0.15, -0.1) is 0 Å². The van der Waals surface area contributed by atoms with Gasteiger partial charge in [-0.05, 0) is 37.6 Å². The molecule has 0 saturated carbocycles. The molecular weight excluding hydrogens is 307 g/mol. The van der Waals surface area contributed by atoms with Gasteiger partial charge in [0.1, 0.15) is 11.5 Å². The van der Waals surface area contributed by atoms with E-state index in [2.05, 4.69) is 10.00 Å². The first-order valence-corrected chi connectivity index (χ1v) is 8.37. The normalized spacial score (nSPS) is 15.7. The van der Waals surface area contributed by atoms with Crippen molar-refractivity contribution in [2.45, 2.75) is 26.9 Å². The number of amides is 1. The molecule has 1 fully saturated rings. The van der Waals surface area contributed by atoms with Crippen LogP contribution >= 0.6 is 0 Å². The molecule has 128 valence electrons. The topological polar surface area (TPSA) is 41.4 Å². The van der Waals surface area contributed by atoms with Crippen molar-refractivity contribution in [3.63, 3.8) is 0 Å². The number of rotatable bonds is 4. The SMILES string of the molecule is CCn1nc(C)cc1C(=O)N1CCN(Cc2ccc(F)cc2)CC1. The van der Waals surface area contributed by atoms with Crippen molar-refractivity contribution in [3.8, 4) is 0 Å². The summed E-state index contributed by atoms with van der Waals surface area (Å²) in [6.07, 6.45) is 0. The maximum absolute atomic E-state index is 13.0. The molecule has 3 rings (SSSR count). The van der Waals surface area contributed by atoms with Gasteiger partial charge in [0.05, 0.1) is 5.69 Å². The smallest absolute Gasteiger partial charge is 0.272 e. The number of aryl methyl sites for hydroxylation is 2. The van der Waals surface area contributed by atoms with Crippen LogP contribution < -0.4 is 0 Å². The molecule has 2 heterocycles. The highest BCUT2D eigenvalue weighted by Crippen LogP contribution is 2.13. The molecule has 0 N–H and O–H groups in total. The number of carbonyl (C=O) groups is 1. The molecule has 24 heavy (non-hydrogen) atoms. The monoisotopic (exact) mass is 330 g/mol. The van der Waals surface area contributed by atoms with Crippen LogP contribution in [0.25, 0.3) is 0 Å². The number of hydrogen-bond acceptors (Lipinski definition) is 3. The quantitative estimate of drug-likeness (QED) is 0.864. The van der Waals surface area contributed by atoms with E-state index in [1.54, 1.807) is 4.68 Å². The number of piperazine rings is 1. The maximum Gasteiger partial charge on any atom is 0.272 e. The van der Waals surface area contributed by atoms with Crippen LogP contribution in [0.4, 0.5) is 4.39 Å². The summed E-state index contributed by atoms with van der Waals surface area (Å²) in [5.41, 5.74) is 2.63. The van der Waals surface area contributed by atoms with E-state index in [1.165, 1.54) is 12.1 Å². The summed E-state index contributed by atoms with van der Waals surface area (Å²) in [6, 6.07) is 8.47. The summed E-state index contributed by atoms with van der Waals surface area (Å²) in [6.45, 7) is 8.42. The Labute approximate surface area is 141 Å². The third kappa shape index (κ3) is 3.64. The van der Waals surface area contributed by atoms with Gasteiger partial charge < -0.3 is 4.90 Å². The van der Waals surface area contributed by atoms with Crippen LogP contribution in [0.3, 0.4) is 0 Å². The third-order valence-electron chi connectivity index (χ3n) is 4.40. The summed E-state index contributed by atoms with van der Waals surface area (Å²) >= 11 is 0. The van der Waals surface area contributed by atoms with Gasteiger partial charge in [-0.2, -0.15) is 5.10 Å². The lowest BCUT2D eigenvalue weighted by Gasteiger charge is -2.34. The zero-order valence-corrected chi connectivity index (χ0v) is 14.2. The predicted molar refractivity (Wildman–Crippen MR) is 90.2 cm³/mol. The fourth-order valence-corrected chi connectivity index (χ4v) is 3.08. The molecule has 5 nitrogen and oxygen atoms in total. The lowest BCUT2D eigenvalue weighted by molar-refractivity contribution is 0.0616. The Morgan fingerprint density at radius 3 is 2.46 bits per heavy atom. The van der Waals surface area contributed by atoms with Crippen LogP contribution in [0, 0.1) is 12.7 Å². The Hall–Kier alpha value is -2.21. The average Bonchev–Trinajstić information content (AvgIpc) is 2.98. The lowest BCUT2D eigenvalue weighted by atomic mass is 10.2. The van der Waals surface area contributed by atoms with E-state index < -0.39 is 0 Å². The summed E-state index contributed by atoms with van der Waals surface area (Å²) in [5.74, 6) is -0.157. The molecule has 1 aromatic heterocycles. The molecule has 1 aliphatic rings. The number of carbonyl (C=O) groups excluding carboxylic acids is 1. The Morgan fingerprint density at radius 1 is 1.17 bits per heavy atom. The van der Waals surface area contributed by atoms with E-state index in [0.717, 1.165) is 30.9 Å². The summed E-state index contributed by atoms with van der Waals surface area (Å²) in [5, 5.41) is 4.35. The van der Waals surface area contributed by atoms with Crippen molar-refractivity contribution < 1.29 is 9.18 Å². The summed E-state index contributed by atoms with van der Waals surface area (Å²) < 4.78 is 14.7. The summed E-state index contributed by atoms with van der Waals surface area (Å²) in [4.78, 5) is 16.9. The van der Waals surface area contributed by atoms with E-state index in [0.29, 0.717) is 25.3 Å². The second-order valence-corrected chi connectivity index (χ2v) is 6.18. The highest BCUT2D eigenvalue weighted by Gasteiger charge is 2.24. The molecule has 1 saturated heterocycles. The van der Waals surface area contributed by atoms with Crippen LogP contribution in [0.1, 0.15) is 28.7 Å². The fraction of sp³-hybridized carbons (Fsp3) is 0.444. The van der Waals surface area contributed by atoms with Gasteiger partial charge in [0.25, 0.3) is 5.91 Å². The zero-order valence-electron chi connectivity index (χ0n) is 14.2. The van der Waals surface area contributed by atoms with Crippen molar-refractivity contribution in [3.05, 3.63) is 53.1 Å². The first-order chi connectivity index (χ1) is 11.6. The second-order valence-electron chi connectivity index (χ2n) is 6.18. The standard InChI is InChI=1S/C18H23FN4O/c1-3-23-17(12-14(2)20-23)18(24)22-10-8-21(9-11-22)13-15-4-6-16(19)7-5-15/h4-7,12H,3,8-11,13H2,1-2H3. The third-order valence-corrected chi connectivity index (χ3v) is 4.40. The molecule has 6 heteroatoms. The molecule has 0 spiro atoms. The predicted octanol–water partition coefficient (Wildman–Crippen LogP) is 2.31. The van der Waals surface area contributed by atoms with Crippen LogP contribution in [0.15, 0.2) is 30.3 Å². The van der Waals surface area contributed by atoms with Gasteiger partial charge in [-0.1, -0.05) is 12.1 Å². The van der Waals surface area contributed by atoms with Gasteiger partial charge in [-0.3, -0.25) is 14.4 Å². The minimum Gasteiger partial charge on any atom is -0.335 e. The number of aromatic nitrogens is 2. The Morgan fingerprint density at radius 2 is 1.83 bits per heavy atom. The van der Waals surface area contributed by atoms with Gasteiger partial charge >= 0.3 is 0 Å². The number of nitrogens with zero attached hydrogens (tertiary/aromatic N) is 4. The van der Waals surface area contributed by atoms with E-state index in [4.69, 9.17) is 0 Å². The van der Waals surface area contributed by atoms with Crippen molar-refractivity contribution >= 4 is 5.91 Å². The van der Waals surface area contributed by atoms with Gasteiger partial charge in [-0.25, -0.2) is 4.39 Å². The van der Waals surface area contributed by atoms with Gasteiger partial charge in [0, 0.05) is 39.3 Å². The molecule has 0 radical (unpaired) electrons. The van der Waals surface area contributed by atoms with Crippen molar-refractivity contribution in [2.24, 2.45) is 0 Å². The molecule has 0 atom stereocenters. The van der Waals surface area contributed by atoms with Crippen LogP contribution in [0.5, 0.6) is 0 Å². The first-order valence-electron chi connectivity index (χ1n) is 8.37. The van der Waals surface area contributed by atoms with E-state index in [-0.39, 0.29) is 11.7 Å². The molecule has 2 aromatic rings. The second kappa shape index (κ2) is 7.13. The number of halogens is 1. The highest BCUT2D eigenvalue weighted by atomic mass is 19.1. The Kier molecular flexibility index (Phi) is 4.94. The van der Waals surface area contributed by atoms with Crippen LogP contribution in [-0.4, -0.2) is 51.7 Å². The highest BCUT2D eigenvalue weighted by molar-refractivity contribution is 5.92. The van der Waals surface area contributed by atoms with Gasteiger partial charge in [0.2, 0.25) is 0 Å². The largest absolute Gasteiger partial charge is 0.335 e. The molecule has 0 aliphatic carbocycles. The Balaban J connectivity index is 1.58. The minimum atomic E-state index is -0.211. The zero-order chi connectivity index (χ0) is 17.1. The molecule has 1 aliphatic heterocycles. The molecule has 0 bridgehead atoms.